The van der Waals surface area contributed by atoms with Crippen molar-refractivity contribution in [2.75, 3.05) is 5.32 Å². The summed E-state index contributed by atoms with van der Waals surface area (Å²) >= 11 is 0. The minimum absolute atomic E-state index is 0.0258. The second kappa shape index (κ2) is 8.33. The van der Waals surface area contributed by atoms with E-state index in [1.54, 1.807) is 13.0 Å². The van der Waals surface area contributed by atoms with Gasteiger partial charge in [0, 0.05) is 17.3 Å². The zero-order valence-electron chi connectivity index (χ0n) is 15.1. The van der Waals surface area contributed by atoms with Crippen molar-refractivity contribution in [2.45, 2.75) is 17.9 Å². The van der Waals surface area contributed by atoms with Crippen molar-refractivity contribution < 1.29 is 17.6 Å². The van der Waals surface area contributed by atoms with Gasteiger partial charge in [-0.1, -0.05) is 42.5 Å². The van der Waals surface area contributed by atoms with Gasteiger partial charge >= 0.3 is 0 Å². The summed E-state index contributed by atoms with van der Waals surface area (Å²) in [4.78, 5) is 12.4. The van der Waals surface area contributed by atoms with Gasteiger partial charge in [-0.25, -0.2) is 17.5 Å². The molecule has 28 heavy (non-hydrogen) atoms. The van der Waals surface area contributed by atoms with Crippen LogP contribution in [0, 0.1) is 5.82 Å². The van der Waals surface area contributed by atoms with Crippen molar-refractivity contribution >= 4 is 21.6 Å². The fourth-order valence-electron chi connectivity index (χ4n) is 2.68. The standard InChI is InChI=1S/C21H19FN2O3S/c1-15(16-7-3-2-4-8-16)24-28(26,27)20-12-5-9-17(13-20)21(25)23-19-11-6-10-18(22)14-19/h2-15,24H,1H3,(H,23,25). The molecule has 1 atom stereocenters. The van der Waals surface area contributed by atoms with E-state index in [1.165, 1.54) is 42.5 Å². The van der Waals surface area contributed by atoms with E-state index in [9.17, 15) is 17.6 Å². The Balaban J connectivity index is 1.78. The molecule has 0 heterocycles. The van der Waals surface area contributed by atoms with Crippen LogP contribution in [0.25, 0.3) is 0 Å². The highest BCUT2D eigenvalue weighted by Gasteiger charge is 2.20. The summed E-state index contributed by atoms with van der Waals surface area (Å²) in [6.07, 6.45) is 0. The van der Waals surface area contributed by atoms with Crippen molar-refractivity contribution in [3.8, 4) is 0 Å². The van der Waals surface area contributed by atoms with E-state index in [4.69, 9.17) is 0 Å². The fraction of sp³-hybridized carbons (Fsp3) is 0.0952. The number of halogens is 1. The highest BCUT2D eigenvalue weighted by Crippen LogP contribution is 2.18. The quantitative estimate of drug-likeness (QED) is 0.656. The third-order valence-electron chi connectivity index (χ3n) is 4.12. The zero-order chi connectivity index (χ0) is 20.1. The molecule has 0 aromatic heterocycles. The highest BCUT2D eigenvalue weighted by molar-refractivity contribution is 7.89. The molecule has 0 radical (unpaired) electrons. The molecule has 3 aromatic rings. The Morgan fingerprint density at radius 2 is 1.64 bits per heavy atom. The Kier molecular flexibility index (Phi) is 5.87. The van der Waals surface area contributed by atoms with Crippen molar-refractivity contribution in [3.63, 3.8) is 0 Å². The van der Waals surface area contributed by atoms with Crippen LogP contribution in [0.4, 0.5) is 10.1 Å². The SMILES string of the molecule is CC(NS(=O)(=O)c1cccc(C(=O)Nc2cccc(F)c2)c1)c1ccccc1. The lowest BCUT2D eigenvalue weighted by molar-refractivity contribution is 0.102. The first-order chi connectivity index (χ1) is 13.3. The monoisotopic (exact) mass is 398 g/mol. The first kappa shape index (κ1) is 19.7. The van der Waals surface area contributed by atoms with Crippen LogP contribution in [0.2, 0.25) is 0 Å². The van der Waals surface area contributed by atoms with Crippen LogP contribution in [0.5, 0.6) is 0 Å². The number of amides is 1. The van der Waals surface area contributed by atoms with Crippen LogP contribution >= 0.6 is 0 Å². The fourth-order valence-corrected chi connectivity index (χ4v) is 3.96. The van der Waals surface area contributed by atoms with Gasteiger partial charge in [-0.2, -0.15) is 0 Å². The Morgan fingerprint density at radius 1 is 0.929 bits per heavy atom. The maximum atomic E-state index is 13.3. The van der Waals surface area contributed by atoms with E-state index in [1.807, 2.05) is 30.3 Å². The van der Waals surface area contributed by atoms with Gasteiger partial charge in [0.05, 0.1) is 4.90 Å². The molecule has 0 spiro atoms. The second-order valence-electron chi connectivity index (χ2n) is 6.25. The van der Waals surface area contributed by atoms with Crippen molar-refractivity contribution in [2.24, 2.45) is 0 Å². The molecule has 0 fully saturated rings. The molecule has 2 N–H and O–H groups in total. The third kappa shape index (κ3) is 4.82. The minimum atomic E-state index is -3.83. The van der Waals surface area contributed by atoms with Crippen LogP contribution in [0.3, 0.4) is 0 Å². The van der Waals surface area contributed by atoms with Crippen LogP contribution in [-0.2, 0) is 10.0 Å². The highest BCUT2D eigenvalue weighted by atomic mass is 32.2. The molecule has 5 nitrogen and oxygen atoms in total. The van der Waals surface area contributed by atoms with Gasteiger partial charge in [-0.3, -0.25) is 4.79 Å². The Hall–Kier alpha value is -3.03. The van der Waals surface area contributed by atoms with Gasteiger partial charge in [0.1, 0.15) is 5.82 Å². The number of carbonyl (C=O) groups excluding carboxylic acids is 1. The lowest BCUT2D eigenvalue weighted by Gasteiger charge is -2.15. The first-order valence-electron chi connectivity index (χ1n) is 8.59. The zero-order valence-corrected chi connectivity index (χ0v) is 15.9. The minimum Gasteiger partial charge on any atom is -0.322 e. The number of rotatable bonds is 6. The lowest BCUT2D eigenvalue weighted by atomic mass is 10.1. The molecule has 1 amide bonds. The van der Waals surface area contributed by atoms with E-state index in [-0.39, 0.29) is 16.1 Å². The average molecular weight is 398 g/mol. The number of sulfonamides is 1. The molecular weight excluding hydrogens is 379 g/mol. The van der Waals surface area contributed by atoms with Gasteiger partial charge in [-0.05, 0) is 48.9 Å². The van der Waals surface area contributed by atoms with E-state index < -0.39 is 27.8 Å². The predicted octanol–water partition coefficient (Wildman–Crippen LogP) is 4.12. The number of anilines is 1. The molecule has 0 aliphatic carbocycles. The number of hydrogen-bond donors (Lipinski definition) is 2. The number of nitrogens with one attached hydrogen (secondary N) is 2. The van der Waals surface area contributed by atoms with Gasteiger partial charge in [0.15, 0.2) is 0 Å². The third-order valence-corrected chi connectivity index (χ3v) is 5.66. The summed E-state index contributed by atoms with van der Waals surface area (Å²) in [5.41, 5.74) is 1.26. The molecule has 144 valence electrons. The Labute approximate surface area is 163 Å². The summed E-state index contributed by atoms with van der Waals surface area (Å²) in [6, 6.07) is 19.9. The molecule has 0 saturated carbocycles. The maximum absolute atomic E-state index is 13.3. The van der Waals surface area contributed by atoms with Crippen molar-refractivity contribution in [1.29, 1.82) is 0 Å². The van der Waals surface area contributed by atoms with Crippen molar-refractivity contribution in [3.05, 3.63) is 95.8 Å². The smallest absolute Gasteiger partial charge is 0.255 e. The van der Waals surface area contributed by atoms with Crippen molar-refractivity contribution in [1.82, 2.24) is 4.72 Å². The lowest BCUT2D eigenvalue weighted by Crippen LogP contribution is -2.27. The second-order valence-corrected chi connectivity index (χ2v) is 7.96. The summed E-state index contributed by atoms with van der Waals surface area (Å²) in [7, 11) is -3.83. The number of benzene rings is 3. The van der Waals surface area contributed by atoms with Crippen LogP contribution < -0.4 is 10.0 Å². The predicted molar refractivity (Wildman–Crippen MR) is 106 cm³/mol. The molecule has 3 rings (SSSR count). The molecular formula is C21H19FN2O3S. The van der Waals surface area contributed by atoms with E-state index in [2.05, 4.69) is 10.0 Å². The molecule has 1 unspecified atom stereocenters. The van der Waals surface area contributed by atoms with Gasteiger partial charge in [0.2, 0.25) is 10.0 Å². The van der Waals surface area contributed by atoms with Gasteiger partial charge in [0.25, 0.3) is 5.91 Å². The van der Waals surface area contributed by atoms with E-state index in [0.717, 1.165) is 5.56 Å². The summed E-state index contributed by atoms with van der Waals surface area (Å²) in [5, 5.41) is 2.55. The Bertz CT molecular complexity index is 1090. The van der Waals surface area contributed by atoms with E-state index in [0.29, 0.717) is 0 Å². The van der Waals surface area contributed by atoms with E-state index >= 15 is 0 Å². The average Bonchev–Trinajstić information content (AvgIpc) is 2.68. The molecule has 0 saturated heterocycles. The molecule has 0 aliphatic heterocycles. The van der Waals surface area contributed by atoms with Crippen LogP contribution in [0.15, 0.2) is 83.8 Å². The van der Waals surface area contributed by atoms with Crippen LogP contribution in [-0.4, -0.2) is 14.3 Å². The molecule has 3 aromatic carbocycles. The summed E-state index contributed by atoms with van der Waals surface area (Å²) in [5.74, 6) is -1.01. The maximum Gasteiger partial charge on any atom is 0.255 e. The molecule has 0 bridgehead atoms. The molecule has 7 heteroatoms. The first-order valence-corrected chi connectivity index (χ1v) is 10.1. The van der Waals surface area contributed by atoms with Gasteiger partial charge in [-0.15, -0.1) is 0 Å². The number of carbonyl (C=O) groups is 1. The number of hydrogen-bond acceptors (Lipinski definition) is 3. The summed E-state index contributed by atoms with van der Waals surface area (Å²) < 4.78 is 41.3. The largest absolute Gasteiger partial charge is 0.322 e. The van der Waals surface area contributed by atoms with Crippen LogP contribution in [0.1, 0.15) is 28.9 Å². The van der Waals surface area contributed by atoms with Gasteiger partial charge < -0.3 is 5.32 Å². The topological polar surface area (TPSA) is 75.3 Å². The Morgan fingerprint density at radius 3 is 2.36 bits per heavy atom. The molecule has 0 aliphatic rings. The normalized spacial score (nSPS) is 12.4. The summed E-state index contributed by atoms with van der Waals surface area (Å²) in [6.45, 7) is 1.74.